The number of carboxylic acids is 3. The Morgan fingerprint density at radius 3 is 0.863 bits per heavy atom. The molecular weight excluding hydrogens is 636 g/mol. The van der Waals surface area contributed by atoms with Crippen LogP contribution >= 0.6 is 0 Å². The first-order valence-corrected chi connectivity index (χ1v) is 22.0. The second kappa shape index (κ2) is 26.2. The zero-order valence-corrected chi connectivity index (χ0v) is 34.5. The first-order chi connectivity index (χ1) is 24.3. The van der Waals surface area contributed by atoms with Gasteiger partial charge in [0.25, 0.3) is 0 Å². The van der Waals surface area contributed by atoms with E-state index in [1.807, 2.05) is 0 Å². The highest BCUT2D eigenvalue weighted by Gasteiger charge is 2.55. The fourth-order valence-corrected chi connectivity index (χ4v) is 11.1. The molecule has 3 atom stereocenters. The molecule has 0 aromatic carbocycles. The molecule has 1 aliphatic rings. The maximum atomic E-state index is 12.4. The number of carboxylic acid groups (broad SMARTS) is 3. The van der Waals surface area contributed by atoms with E-state index in [0.717, 1.165) is 96.3 Å². The van der Waals surface area contributed by atoms with E-state index in [0.29, 0.717) is 37.0 Å². The van der Waals surface area contributed by atoms with Crippen molar-refractivity contribution in [3.05, 3.63) is 0 Å². The molecule has 0 spiro atoms. The van der Waals surface area contributed by atoms with Crippen molar-refractivity contribution in [1.29, 1.82) is 0 Å². The molecule has 1 saturated carbocycles. The Balaban J connectivity index is 4.06. The zero-order chi connectivity index (χ0) is 38.2. The molecule has 0 bridgehead atoms. The van der Waals surface area contributed by atoms with Gasteiger partial charge in [-0.3, -0.25) is 14.4 Å². The maximum absolute atomic E-state index is 12.4. The molecule has 0 amide bonds. The molecule has 0 heterocycles. The number of unbranched alkanes of at least 4 members (excludes halogenated alkanes) is 6. The predicted molar refractivity (Wildman–Crippen MR) is 213 cm³/mol. The van der Waals surface area contributed by atoms with Crippen LogP contribution in [0.2, 0.25) is 0 Å². The minimum Gasteiger partial charge on any atom is -0.481 e. The van der Waals surface area contributed by atoms with Gasteiger partial charge in [0, 0.05) is 19.3 Å². The third-order valence-corrected chi connectivity index (χ3v) is 12.8. The summed E-state index contributed by atoms with van der Waals surface area (Å²) in [6.45, 7) is 13.5. The summed E-state index contributed by atoms with van der Waals surface area (Å²) in [6.07, 6.45) is 28.8. The van der Waals surface area contributed by atoms with Gasteiger partial charge in [0.1, 0.15) is 0 Å². The van der Waals surface area contributed by atoms with Gasteiger partial charge in [0.15, 0.2) is 0 Å². The van der Waals surface area contributed by atoms with Crippen LogP contribution in [-0.2, 0) is 14.4 Å². The third kappa shape index (κ3) is 19.3. The predicted octanol–water partition coefficient (Wildman–Crippen LogP) is 13.9. The van der Waals surface area contributed by atoms with Crippen molar-refractivity contribution in [2.75, 3.05) is 0 Å². The van der Waals surface area contributed by atoms with Crippen molar-refractivity contribution in [2.45, 2.75) is 234 Å². The van der Waals surface area contributed by atoms with Crippen LogP contribution in [0.3, 0.4) is 0 Å². The van der Waals surface area contributed by atoms with E-state index in [4.69, 9.17) is 0 Å². The minimum absolute atomic E-state index is 0.127. The molecule has 6 nitrogen and oxygen atoms in total. The number of rotatable bonds is 33. The molecule has 3 unspecified atom stereocenters. The quantitative estimate of drug-likeness (QED) is 0.0582. The summed E-state index contributed by atoms with van der Waals surface area (Å²) in [4.78, 5) is 37.3. The standard InChI is InChI=1S/C45H84O6/c1-7-13-16-22-37(19-10-4)31-43(28-25-40(46)47)34-44(29-26-41(48)49,32-38(20-11-5)23-17-14-8-2)36-45(35-43,30-27-42(50)51)33-39(21-12-6)24-18-15-9-3/h37-39H,7-36H2,1-6H3,(H,46,47)(H,48,49)(H,50,51). The first-order valence-electron chi connectivity index (χ1n) is 22.0. The van der Waals surface area contributed by atoms with Gasteiger partial charge < -0.3 is 15.3 Å². The average Bonchev–Trinajstić information content (AvgIpc) is 3.06. The van der Waals surface area contributed by atoms with Gasteiger partial charge in [0.05, 0.1) is 0 Å². The molecule has 1 rings (SSSR count). The van der Waals surface area contributed by atoms with Crippen LogP contribution < -0.4 is 0 Å². The van der Waals surface area contributed by atoms with Crippen LogP contribution in [0.1, 0.15) is 234 Å². The lowest BCUT2D eigenvalue weighted by Gasteiger charge is -2.59. The van der Waals surface area contributed by atoms with Gasteiger partial charge in [-0.15, -0.1) is 0 Å². The lowest BCUT2D eigenvalue weighted by atomic mass is 9.45. The topological polar surface area (TPSA) is 112 Å². The van der Waals surface area contributed by atoms with Gasteiger partial charge in [-0.2, -0.15) is 0 Å². The summed E-state index contributed by atoms with van der Waals surface area (Å²) < 4.78 is 0. The summed E-state index contributed by atoms with van der Waals surface area (Å²) in [7, 11) is 0. The molecule has 0 aromatic heterocycles. The van der Waals surface area contributed by atoms with E-state index < -0.39 is 17.9 Å². The van der Waals surface area contributed by atoms with Crippen molar-refractivity contribution < 1.29 is 29.7 Å². The Bertz CT molecular complexity index is 818. The van der Waals surface area contributed by atoms with Crippen molar-refractivity contribution in [3.63, 3.8) is 0 Å². The van der Waals surface area contributed by atoms with E-state index >= 15 is 0 Å². The molecule has 1 fully saturated rings. The molecule has 0 aliphatic heterocycles. The Hall–Kier alpha value is -1.59. The van der Waals surface area contributed by atoms with Crippen molar-refractivity contribution in [2.24, 2.45) is 34.0 Å². The molecule has 3 N–H and O–H groups in total. The Morgan fingerprint density at radius 1 is 0.412 bits per heavy atom. The smallest absolute Gasteiger partial charge is 0.303 e. The van der Waals surface area contributed by atoms with E-state index in [2.05, 4.69) is 41.5 Å². The number of aliphatic carboxylic acids is 3. The zero-order valence-electron chi connectivity index (χ0n) is 34.5. The second-order valence-electron chi connectivity index (χ2n) is 17.8. The Kier molecular flexibility index (Phi) is 24.4. The summed E-state index contributed by atoms with van der Waals surface area (Å²) in [5, 5.41) is 30.6. The van der Waals surface area contributed by atoms with Crippen molar-refractivity contribution in [3.8, 4) is 0 Å². The molecule has 0 aromatic rings. The van der Waals surface area contributed by atoms with Crippen LogP contribution in [0.15, 0.2) is 0 Å². The highest BCUT2D eigenvalue weighted by Crippen LogP contribution is 2.65. The van der Waals surface area contributed by atoms with Gasteiger partial charge >= 0.3 is 17.9 Å². The minimum atomic E-state index is -0.753. The molecule has 0 radical (unpaired) electrons. The van der Waals surface area contributed by atoms with Crippen LogP contribution in [0.5, 0.6) is 0 Å². The Morgan fingerprint density at radius 2 is 0.667 bits per heavy atom. The monoisotopic (exact) mass is 721 g/mol. The lowest BCUT2D eigenvalue weighted by Crippen LogP contribution is -2.49. The van der Waals surface area contributed by atoms with E-state index in [-0.39, 0.29) is 35.5 Å². The highest BCUT2D eigenvalue weighted by molar-refractivity contribution is 5.67. The number of hydrogen-bond acceptors (Lipinski definition) is 3. The molecule has 0 saturated heterocycles. The van der Waals surface area contributed by atoms with Gasteiger partial charge in [-0.05, 0) is 91.8 Å². The summed E-state index contributed by atoms with van der Waals surface area (Å²) >= 11 is 0. The maximum Gasteiger partial charge on any atom is 0.303 e. The van der Waals surface area contributed by atoms with Gasteiger partial charge in [0.2, 0.25) is 0 Å². The molecule has 51 heavy (non-hydrogen) atoms. The normalized spacial score (nSPS) is 23.9. The first kappa shape index (κ1) is 47.4. The summed E-state index contributed by atoms with van der Waals surface area (Å²) in [5.74, 6) is -0.731. The van der Waals surface area contributed by atoms with Crippen molar-refractivity contribution in [1.82, 2.24) is 0 Å². The average molecular weight is 721 g/mol. The van der Waals surface area contributed by atoms with Gasteiger partial charge in [-0.1, -0.05) is 157 Å². The molecule has 1 aliphatic carbocycles. The fraction of sp³-hybridized carbons (Fsp3) is 0.933. The van der Waals surface area contributed by atoms with E-state index in [9.17, 15) is 29.7 Å². The van der Waals surface area contributed by atoms with Crippen LogP contribution in [0, 0.1) is 34.0 Å². The largest absolute Gasteiger partial charge is 0.481 e. The molecule has 300 valence electrons. The van der Waals surface area contributed by atoms with Crippen molar-refractivity contribution >= 4 is 17.9 Å². The van der Waals surface area contributed by atoms with Crippen LogP contribution in [0.25, 0.3) is 0 Å². The number of carbonyl (C=O) groups is 3. The third-order valence-electron chi connectivity index (χ3n) is 12.8. The van der Waals surface area contributed by atoms with Crippen LogP contribution in [-0.4, -0.2) is 33.2 Å². The lowest BCUT2D eigenvalue weighted by molar-refractivity contribution is -0.142. The van der Waals surface area contributed by atoms with E-state index in [1.165, 1.54) is 57.8 Å². The van der Waals surface area contributed by atoms with Crippen LogP contribution in [0.4, 0.5) is 0 Å². The summed E-state index contributed by atoms with van der Waals surface area (Å²) in [6, 6.07) is 0. The molecule has 6 heteroatoms. The summed E-state index contributed by atoms with van der Waals surface area (Å²) in [5.41, 5.74) is -0.708. The van der Waals surface area contributed by atoms with E-state index in [1.54, 1.807) is 0 Å². The Labute approximate surface area is 315 Å². The fourth-order valence-electron chi connectivity index (χ4n) is 11.1. The second-order valence-corrected chi connectivity index (χ2v) is 17.8. The highest BCUT2D eigenvalue weighted by atomic mass is 16.4. The number of hydrogen-bond donors (Lipinski definition) is 3. The molecular formula is C45H84O6. The van der Waals surface area contributed by atoms with Gasteiger partial charge in [-0.25, -0.2) is 0 Å². The SMILES string of the molecule is CCCCCC(CCC)CC1(CCC(=O)O)CC(CCC(=O)O)(CC(CCC)CCCCC)CC(CCC(=O)O)(CC(CCC)CCCCC)C1.